The summed E-state index contributed by atoms with van der Waals surface area (Å²) in [5.41, 5.74) is 3.22. The summed E-state index contributed by atoms with van der Waals surface area (Å²) >= 11 is 5.95. The number of carbonyl (C=O) groups is 1. The van der Waals surface area contributed by atoms with E-state index in [9.17, 15) is 15.0 Å². The molecule has 1 heterocycles. The number of benzene rings is 2. The molecule has 4 N–H and O–H groups in total. The largest absolute Gasteiger partial charge is 0.478 e. The van der Waals surface area contributed by atoms with E-state index in [1.807, 2.05) is 36.4 Å². The summed E-state index contributed by atoms with van der Waals surface area (Å²) in [6, 6.07) is 16.2. The Morgan fingerprint density at radius 2 is 1.93 bits per heavy atom. The van der Waals surface area contributed by atoms with Crippen molar-refractivity contribution in [3.8, 4) is 11.1 Å². The molecule has 0 saturated heterocycles. The van der Waals surface area contributed by atoms with Gasteiger partial charge in [0.25, 0.3) is 0 Å². The van der Waals surface area contributed by atoms with Gasteiger partial charge in [0.1, 0.15) is 0 Å². The Hall–Kier alpha value is -2.93. The van der Waals surface area contributed by atoms with Gasteiger partial charge in [-0.25, -0.2) is 4.79 Å². The molecule has 3 aromatic rings. The lowest BCUT2D eigenvalue weighted by atomic mass is 10.0. The van der Waals surface area contributed by atoms with Gasteiger partial charge < -0.3 is 20.8 Å². The fourth-order valence-corrected chi connectivity index (χ4v) is 3.17. The highest BCUT2D eigenvalue weighted by Crippen LogP contribution is 2.25. The van der Waals surface area contributed by atoms with Gasteiger partial charge in [-0.2, -0.15) is 0 Å². The van der Waals surface area contributed by atoms with Crippen molar-refractivity contribution in [3.63, 3.8) is 0 Å². The topological polar surface area (TPSA) is 94.5 Å². The number of rotatable bonds is 9. The summed E-state index contributed by atoms with van der Waals surface area (Å²) in [6.45, 7) is 1.71. The molecule has 1 atom stereocenters. The Balaban J connectivity index is 1.52. The maximum atomic E-state index is 11.4. The zero-order valence-corrected chi connectivity index (χ0v) is 16.4. The normalized spacial score (nSPS) is 11.8. The van der Waals surface area contributed by atoms with Crippen LogP contribution >= 0.6 is 11.6 Å². The third-order valence-corrected chi connectivity index (χ3v) is 4.66. The van der Waals surface area contributed by atoms with Crippen molar-refractivity contribution in [2.75, 3.05) is 25.0 Å². The fraction of sp³-hybridized carbons (Fsp3) is 0.182. The van der Waals surface area contributed by atoms with Crippen LogP contribution in [0, 0.1) is 0 Å². The smallest absolute Gasteiger partial charge is 0.336 e. The molecule has 0 fully saturated rings. The van der Waals surface area contributed by atoms with E-state index in [0.717, 1.165) is 16.8 Å². The number of aromatic carboxylic acids is 1. The van der Waals surface area contributed by atoms with E-state index < -0.39 is 12.1 Å². The maximum absolute atomic E-state index is 11.4. The molecule has 150 valence electrons. The predicted molar refractivity (Wildman–Crippen MR) is 114 cm³/mol. The Kier molecular flexibility index (Phi) is 7.19. The second-order valence-electron chi connectivity index (χ2n) is 6.51. The predicted octanol–water partition coefficient (Wildman–Crippen LogP) is 3.84. The highest BCUT2D eigenvalue weighted by molar-refractivity contribution is 6.30. The molecule has 0 saturated carbocycles. The lowest BCUT2D eigenvalue weighted by molar-refractivity contribution is 0.0697. The number of nitrogens with zero attached hydrogens (tertiary/aromatic N) is 1. The Bertz CT molecular complexity index is 981. The number of hydrogen-bond acceptors (Lipinski definition) is 5. The average Bonchev–Trinajstić information content (AvgIpc) is 2.73. The van der Waals surface area contributed by atoms with Crippen LogP contribution < -0.4 is 10.6 Å². The molecule has 0 unspecified atom stereocenters. The first-order valence-electron chi connectivity index (χ1n) is 9.20. The number of carboxylic acids is 1. The van der Waals surface area contributed by atoms with Crippen molar-refractivity contribution >= 4 is 23.3 Å². The van der Waals surface area contributed by atoms with Gasteiger partial charge in [-0.3, -0.25) is 4.98 Å². The van der Waals surface area contributed by atoms with Crippen LogP contribution in [0.4, 0.5) is 5.69 Å². The van der Waals surface area contributed by atoms with Crippen molar-refractivity contribution in [3.05, 3.63) is 83.1 Å². The van der Waals surface area contributed by atoms with Crippen molar-refractivity contribution in [2.24, 2.45) is 0 Å². The minimum absolute atomic E-state index is 0.216. The summed E-state index contributed by atoms with van der Waals surface area (Å²) in [5, 5.41) is 26.7. The Morgan fingerprint density at radius 3 is 2.72 bits per heavy atom. The molecule has 1 aromatic heterocycles. The molecule has 2 aromatic carbocycles. The number of aromatic nitrogens is 1. The summed E-state index contributed by atoms with van der Waals surface area (Å²) in [6.07, 6.45) is 2.40. The minimum Gasteiger partial charge on any atom is -0.478 e. The number of nitrogens with one attached hydrogen (secondary N) is 2. The third-order valence-electron chi connectivity index (χ3n) is 4.43. The van der Waals surface area contributed by atoms with E-state index in [1.165, 1.54) is 12.3 Å². The SMILES string of the molecule is O=C(O)c1ccncc1-c1cccc(NCCNC[C@H](O)c2cccc(Cl)c2)c1. The number of halogens is 1. The Labute approximate surface area is 174 Å². The molecule has 0 radical (unpaired) electrons. The highest BCUT2D eigenvalue weighted by atomic mass is 35.5. The van der Waals surface area contributed by atoms with E-state index in [-0.39, 0.29) is 5.56 Å². The monoisotopic (exact) mass is 411 g/mol. The van der Waals surface area contributed by atoms with Crippen molar-refractivity contribution in [2.45, 2.75) is 6.10 Å². The number of carboxylic acid groups (broad SMARTS) is 1. The number of pyridine rings is 1. The van der Waals surface area contributed by atoms with Crippen LogP contribution in [-0.4, -0.2) is 40.8 Å². The minimum atomic E-state index is -0.983. The molecule has 0 bridgehead atoms. The average molecular weight is 412 g/mol. The molecule has 0 aliphatic rings. The van der Waals surface area contributed by atoms with E-state index in [1.54, 1.807) is 18.3 Å². The first-order valence-corrected chi connectivity index (χ1v) is 9.58. The van der Waals surface area contributed by atoms with Crippen LogP contribution in [0.25, 0.3) is 11.1 Å². The summed E-state index contributed by atoms with van der Waals surface area (Å²) < 4.78 is 0. The Morgan fingerprint density at radius 1 is 1.10 bits per heavy atom. The molecule has 3 rings (SSSR count). The van der Waals surface area contributed by atoms with Gasteiger partial charge in [0.05, 0.1) is 11.7 Å². The molecule has 0 aliphatic heterocycles. The molecule has 6 nitrogen and oxygen atoms in total. The fourth-order valence-electron chi connectivity index (χ4n) is 2.97. The zero-order valence-electron chi connectivity index (χ0n) is 15.7. The van der Waals surface area contributed by atoms with Gasteiger partial charge in [0.2, 0.25) is 0 Å². The van der Waals surface area contributed by atoms with Gasteiger partial charge in [-0.05, 0) is 41.5 Å². The lowest BCUT2D eigenvalue weighted by Crippen LogP contribution is -2.26. The molecule has 29 heavy (non-hydrogen) atoms. The number of hydrogen-bond donors (Lipinski definition) is 4. The second kappa shape index (κ2) is 10.0. The quantitative estimate of drug-likeness (QED) is 0.400. The van der Waals surface area contributed by atoms with Crippen molar-refractivity contribution < 1.29 is 15.0 Å². The summed E-state index contributed by atoms with van der Waals surface area (Å²) in [4.78, 5) is 15.5. The van der Waals surface area contributed by atoms with Crippen LogP contribution in [0.1, 0.15) is 22.0 Å². The van der Waals surface area contributed by atoms with Crippen LogP contribution in [0.2, 0.25) is 5.02 Å². The van der Waals surface area contributed by atoms with Gasteiger partial charge in [-0.15, -0.1) is 0 Å². The molecule has 0 amide bonds. The van der Waals surface area contributed by atoms with E-state index in [2.05, 4.69) is 15.6 Å². The second-order valence-corrected chi connectivity index (χ2v) is 6.95. The molecule has 7 heteroatoms. The van der Waals surface area contributed by atoms with Crippen LogP contribution in [-0.2, 0) is 0 Å². The van der Waals surface area contributed by atoms with E-state index in [0.29, 0.717) is 30.2 Å². The highest BCUT2D eigenvalue weighted by Gasteiger charge is 2.12. The summed E-state index contributed by atoms with van der Waals surface area (Å²) in [5.74, 6) is -0.983. The van der Waals surface area contributed by atoms with Crippen LogP contribution in [0.5, 0.6) is 0 Å². The zero-order chi connectivity index (χ0) is 20.6. The summed E-state index contributed by atoms with van der Waals surface area (Å²) in [7, 11) is 0. The van der Waals surface area contributed by atoms with Gasteiger partial charge in [-0.1, -0.05) is 35.9 Å². The number of anilines is 1. The number of aliphatic hydroxyl groups excluding tert-OH is 1. The van der Waals surface area contributed by atoms with Gasteiger partial charge in [0.15, 0.2) is 0 Å². The lowest BCUT2D eigenvalue weighted by Gasteiger charge is -2.14. The molecular weight excluding hydrogens is 390 g/mol. The maximum Gasteiger partial charge on any atom is 0.336 e. The first kappa shape index (κ1) is 20.8. The third kappa shape index (κ3) is 5.77. The number of aliphatic hydroxyl groups is 1. The van der Waals surface area contributed by atoms with Gasteiger partial charge in [0, 0.05) is 48.3 Å². The standard InChI is InChI=1S/C22H22ClN3O3/c23-17-5-1-4-16(11-17)21(27)14-25-9-10-26-18-6-2-3-15(12-18)20-13-24-8-7-19(20)22(28)29/h1-8,11-13,21,25-27H,9-10,14H2,(H,28,29)/t21-/m0/s1. The molecular formula is C22H22ClN3O3. The van der Waals surface area contributed by atoms with Gasteiger partial charge >= 0.3 is 5.97 Å². The van der Waals surface area contributed by atoms with Crippen molar-refractivity contribution in [1.82, 2.24) is 10.3 Å². The first-order chi connectivity index (χ1) is 14.0. The van der Waals surface area contributed by atoms with Crippen LogP contribution in [0.3, 0.4) is 0 Å². The van der Waals surface area contributed by atoms with Crippen LogP contribution in [0.15, 0.2) is 67.0 Å². The van der Waals surface area contributed by atoms with E-state index >= 15 is 0 Å². The van der Waals surface area contributed by atoms with Crippen molar-refractivity contribution in [1.29, 1.82) is 0 Å². The molecule has 0 spiro atoms. The molecule has 0 aliphatic carbocycles. The van der Waals surface area contributed by atoms with E-state index in [4.69, 9.17) is 11.6 Å².